The molecule has 5 N–H and O–H groups in total. The van der Waals surface area contributed by atoms with E-state index in [9.17, 15) is 14.4 Å². The minimum Gasteiger partial charge on any atom is -0.400 e. The summed E-state index contributed by atoms with van der Waals surface area (Å²) in [5.74, 6) is -0.327. The van der Waals surface area contributed by atoms with E-state index in [2.05, 4.69) is 125 Å². The van der Waals surface area contributed by atoms with Crippen LogP contribution in [-0.2, 0) is 47.0 Å². The number of para-hydroxylation sites is 1. The van der Waals surface area contributed by atoms with Gasteiger partial charge in [0.05, 0.1) is 11.6 Å². The van der Waals surface area contributed by atoms with Crippen molar-refractivity contribution < 1.29 is 19.5 Å². The fourth-order valence-electron chi connectivity index (χ4n) is 6.12. The van der Waals surface area contributed by atoms with Gasteiger partial charge in [-0.3, -0.25) is 10.1 Å². The minimum atomic E-state index is -0.393. The quantitative estimate of drug-likeness (QED) is 0.0697. The van der Waals surface area contributed by atoms with E-state index in [1.54, 1.807) is 0 Å². The van der Waals surface area contributed by atoms with Gasteiger partial charge in [0.2, 0.25) is 5.91 Å². The highest BCUT2D eigenvalue weighted by Crippen LogP contribution is 2.36. The molecule has 272 valence electrons. The van der Waals surface area contributed by atoms with Crippen LogP contribution >= 0.6 is 0 Å². The van der Waals surface area contributed by atoms with Crippen molar-refractivity contribution in [3.63, 3.8) is 0 Å². The number of fused-ring (bicyclic) bond motifs is 1. The zero-order valence-corrected chi connectivity index (χ0v) is 30.5. The molecule has 1 atom stereocenters. The van der Waals surface area contributed by atoms with Gasteiger partial charge in [0.1, 0.15) is 12.6 Å². The average molecular weight is 702 g/mol. The van der Waals surface area contributed by atoms with Gasteiger partial charge in [0.25, 0.3) is 0 Å². The van der Waals surface area contributed by atoms with Gasteiger partial charge in [-0.25, -0.2) is 0 Å². The van der Waals surface area contributed by atoms with Gasteiger partial charge in [-0.2, -0.15) is 0 Å². The van der Waals surface area contributed by atoms with Crippen LogP contribution in [0.1, 0.15) is 40.8 Å². The maximum atomic E-state index is 11.8. The van der Waals surface area contributed by atoms with Gasteiger partial charge < -0.3 is 34.9 Å². The number of nitrogens with zero attached hydrogens (tertiary/aromatic N) is 2. The van der Waals surface area contributed by atoms with Crippen LogP contribution in [0.25, 0.3) is 10.9 Å². The van der Waals surface area contributed by atoms with Crippen LogP contribution in [0.15, 0.2) is 140 Å². The molecule has 9 heteroatoms. The van der Waals surface area contributed by atoms with E-state index in [0.717, 1.165) is 36.5 Å². The molecule has 52 heavy (non-hydrogen) atoms. The summed E-state index contributed by atoms with van der Waals surface area (Å²) in [6.45, 7) is 0.613. The number of carbonyl (C=O) groups excluding carboxylic acids is 3. The maximum Gasteiger partial charge on any atom is 0.234 e. The predicted molar refractivity (Wildman–Crippen MR) is 210 cm³/mol. The van der Waals surface area contributed by atoms with E-state index in [-0.39, 0.29) is 11.4 Å². The van der Waals surface area contributed by atoms with Crippen molar-refractivity contribution in [1.82, 2.24) is 19.8 Å². The number of amides is 1. The number of nitrogens with one attached hydrogen (secondary N) is 2. The van der Waals surface area contributed by atoms with Crippen molar-refractivity contribution in [3.05, 3.63) is 168 Å². The number of aryl methyl sites for hydroxylation is 2. The van der Waals surface area contributed by atoms with Crippen LogP contribution in [0.5, 0.6) is 0 Å². The molecule has 0 aliphatic carbocycles. The second kappa shape index (κ2) is 21.6. The lowest BCUT2D eigenvalue weighted by Crippen LogP contribution is -2.42. The molecule has 4 aromatic carbocycles. The van der Waals surface area contributed by atoms with Crippen LogP contribution in [0.3, 0.4) is 0 Å². The van der Waals surface area contributed by atoms with Gasteiger partial charge >= 0.3 is 0 Å². The molecule has 0 spiro atoms. The molecule has 2 aromatic heterocycles. The number of aliphatic hydroxyl groups is 1. The molecule has 0 bridgehead atoms. The zero-order chi connectivity index (χ0) is 37.8. The number of aliphatic hydroxyl groups excluding tert-OH is 1. The SMILES string of the molecule is CNC(c1ccccc1)(c1ccccc1)c1ccccc1.CO.Cn1cccc1CNC(Cc1cn(C)c2ccccc12)C(N)=O.O=CCCC=O. The monoisotopic (exact) mass is 701 g/mol. The minimum absolute atomic E-state index is 0.327. The largest absolute Gasteiger partial charge is 0.400 e. The summed E-state index contributed by atoms with van der Waals surface area (Å²) >= 11 is 0. The van der Waals surface area contributed by atoms with Crippen molar-refractivity contribution in [1.29, 1.82) is 0 Å². The number of benzene rings is 4. The second-order valence-corrected chi connectivity index (χ2v) is 11.9. The summed E-state index contributed by atoms with van der Waals surface area (Å²) in [7, 11) is 7.02. The number of nitrogens with two attached hydrogens (primary N) is 1. The first-order valence-electron chi connectivity index (χ1n) is 17.2. The summed E-state index contributed by atoms with van der Waals surface area (Å²) in [4.78, 5) is 30.6. The lowest BCUT2D eigenvalue weighted by molar-refractivity contribution is -0.120. The van der Waals surface area contributed by atoms with Gasteiger partial charge in [-0.05, 0) is 53.9 Å². The van der Waals surface area contributed by atoms with Gasteiger partial charge in [-0.1, -0.05) is 109 Å². The lowest BCUT2D eigenvalue weighted by Gasteiger charge is -2.35. The summed E-state index contributed by atoms with van der Waals surface area (Å²) in [6.07, 6.45) is 6.84. The smallest absolute Gasteiger partial charge is 0.234 e. The molecule has 0 saturated heterocycles. The third-order valence-electron chi connectivity index (χ3n) is 8.73. The maximum absolute atomic E-state index is 11.8. The molecular formula is C43H51N5O4. The third-order valence-corrected chi connectivity index (χ3v) is 8.73. The first-order valence-corrected chi connectivity index (χ1v) is 17.2. The second-order valence-electron chi connectivity index (χ2n) is 11.9. The van der Waals surface area contributed by atoms with Crippen LogP contribution in [0.2, 0.25) is 0 Å². The van der Waals surface area contributed by atoms with Crippen molar-refractivity contribution in [2.75, 3.05) is 14.2 Å². The molecular weight excluding hydrogens is 651 g/mol. The van der Waals surface area contributed by atoms with Crippen LogP contribution in [0, 0.1) is 0 Å². The fraction of sp³-hybridized carbons (Fsp3) is 0.233. The van der Waals surface area contributed by atoms with E-state index >= 15 is 0 Å². The number of primary amides is 1. The van der Waals surface area contributed by atoms with Crippen molar-refractivity contribution in [3.8, 4) is 0 Å². The molecule has 0 aliphatic rings. The predicted octanol–water partition coefficient (Wildman–Crippen LogP) is 5.67. The van der Waals surface area contributed by atoms with Gasteiger partial charge in [-0.15, -0.1) is 0 Å². The van der Waals surface area contributed by atoms with Crippen molar-refractivity contribution in [2.24, 2.45) is 19.8 Å². The molecule has 1 unspecified atom stereocenters. The molecule has 6 aromatic rings. The number of carbonyl (C=O) groups is 3. The Morgan fingerprint density at radius 2 is 1.21 bits per heavy atom. The zero-order valence-electron chi connectivity index (χ0n) is 30.5. The first kappa shape index (κ1) is 40.8. The summed E-state index contributed by atoms with van der Waals surface area (Å²) in [6, 6.07) is 43.6. The van der Waals surface area contributed by atoms with E-state index in [4.69, 9.17) is 10.8 Å². The Hall–Kier alpha value is -5.61. The van der Waals surface area contributed by atoms with Crippen LogP contribution in [0.4, 0.5) is 0 Å². The van der Waals surface area contributed by atoms with Gasteiger partial charge in [0.15, 0.2) is 0 Å². The molecule has 2 heterocycles. The first-order chi connectivity index (χ1) is 25.3. The van der Waals surface area contributed by atoms with E-state index in [0.29, 0.717) is 25.8 Å². The molecule has 0 radical (unpaired) electrons. The Morgan fingerprint density at radius 3 is 1.63 bits per heavy atom. The number of rotatable bonds is 13. The fourth-order valence-corrected chi connectivity index (χ4v) is 6.12. The molecule has 6 rings (SSSR count). The van der Waals surface area contributed by atoms with Gasteiger partial charge in [0, 0.05) is 69.6 Å². The van der Waals surface area contributed by atoms with Crippen LogP contribution in [-0.4, -0.2) is 52.9 Å². The van der Waals surface area contributed by atoms with E-state index < -0.39 is 6.04 Å². The molecule has 0 aliphatic heterocycles. The Kier molecular flexibility index (Phi) is 16.9. The molecule has 0 saturated carbocycles. The highest BCUT2D eigenvalue weighted by molar-refractivity contribution is 5.86. The molecule has 0 fully saturated rings. The third kappa shape index (κ3) is 10.7. The topological polar surface area (TPSA) is 131 Å². The highest BCUT2D eigenvalue weighted by atomic mass is 16.2. The standard InChI is InChI=1S/C20H19N.C18H22N4O.C4H6O2.CH4O/c1-21-20(17-11-5-2-6-12-17,18-13-7-3-8-14-18)19-15-9-4-10-16-19;1-21-9-5-6-14(21)11-20-16(18(19)23)10-13-12-22(2)17-8-4-3-7-15(13)17;5-3-1-2-4-6;1-2/h2-16,21H,1H3;3-9,12,16,20H,10-11H2,1-2H3,(H2,19,23);3-4H,1-2H2;2H,1H3. The highest BCUT2D eigenvalue weighted by Gasteiger charge is 2.34. The normalized spacial score (nSPS) is 11.1. The Balaban J connectivity index is 0.000000234. The molecule has 1 amide bonds. The average Bonchev–Trinajstić information content (AvgIpc) is 3.76. The lowest BCUT2D eigenvalue weighted by atomic mass is 9.77. The Morgan fingerprint density at radius 1 is 0.731 bits per heavy atom. The number of unbranched alkanes of at least 4 members (excludes halogenated alkanes) is 1. The Labute approximate surface area is 307 Å². The van der Waals surface area contributed by atoms with E-state index in [1.807, 2.05) is 56.2 Å². The van der Waals surface area contributed by atoms with E-state index in [1.165, 1.54) is 22.1 Å². The molecule has 9 nitrogen and oxygen atoms in total. The number of aldehydes is 2. The van der Waals surface area contributed by atoms with Crippen molar-refractivity contribution in [2.45, 2.75) is 37.4 Å². The van der Waals surface area contributed by atoms with Crippen molar-refractivity contribution >= 4 is 29.4 Å². The number of hydrogen-bond donors (Lipinski definition) is 4. The number of hydrogen-bond acceptors (Lipinski definition) is 6. The van der Waals surface area contributed by atoms with Crippen LogP contribution < -0.4 is 16.4 Å². The summed E-state index contributed by atoms with van der Waals surface area (Å²) in [5, 5.41) is 15.0. The number of aromatic nitrogens is 2. The summed E-state index contributed by atoms with van der Waals surface area (Å²) < 4.78 is 4.11. The summed E-state index contributed by atoms with van der Waals surface area (Å²) in [5.41, 5.74) is 12.4. The Bertz CT molecular complexity index is 1820.